The van der Waals surface area contributed by atoms with Gasteiger partial charge in [0.1, 0.15) is 12.6 Å². The Morgan fingerprint density at radius 1 is 1.14 bits per heavy atom. The van der Waals surface area contributed by atoms with Gasteiger partial charge in [0.25, 0.3) is 0 Å². The molecule has 1 saturated heterocycles. The van der Waals surface area contributed by atoms with Gasteiger partial charge in [0.15, 0.2) is 11.6 Å². The smallest absolute Gasteiger partial charge is 0.242 e. The number of hydrogen-bond acceptors (Lipinski definition) is 6. The van der Waals surface area contributed by atoms with E-state index in [1.165, 1.54) is 0 Å². The average molecular weight is 378 g/mol. The molecule has 1 aliphatic heterocycles. The summed E-state index contributed by atoms with van der Waals surface area (Å²) in [6.07, 6.45) is 0.688. The Morgan fingerprint density at radius 3 is 2.68 bits per heavy atom. The maximum atomic E-state index is 12.6. The minimum absolute atomic E-state index is 0.0704. The van der Waals surface area contributed by atoms with E-state index < -0.39 is 0 Å². The van der Waals surface area contributed by atoms with Crippen LogP contribution in [0.2, 0.25) is 0 Å². The Morgan fingerprint density at radius 2 is 1.93 bits per heavy atom. The van der Waals surface area contributed by atoms with Crippen molar-refractivity contribution >= 4 is 11.6 Å². The predicted molar refractivity (Wildman–Crippen MR) is 105 cm³/mol. The first-order valence-corrected chi connectivity index (χ1v) is 9.10. The molecule has 2 heterocycles. The molecule has 1 aliphatic rings. The second-order valence-corrected chi connectivity index (χ2v) is 6.65. The van der Waals surface area contributed by atoms with Crippen LogP contribution in [-0.2, 0) is 16.1 Å². The summed E-state index contributed by atoms with van der Waals surface area (Å²) in [6, 6.07) is 17.4. The summed E-state index contributed by atoms with van der Waals surface area (Å²) in [5, 5.41) is 9.96. The highest BCUT2D eigenvalue weighted by Crippen LogP contribution is 2.23. The largest absolute Gasteiger partial charge is 0.377 e. The first-order valence-electron chi connectivity index (χ1n) is 9.10. The number of anilines is 1. The van der Waals surface area contributed by atoms with Gasteiger partial charge in [-0.3, -0.25) is 9.89 Å². The number of aromatic nitrogens is 3. The summed E-state index contributed by atoms with van der Waals surface area (Å²) >= 11 is 0. The van der Waals surface area contributed by atoms with Crippen molar-refractivity contribution in [3.8, 4) is 11.4 Å². The SMILES string of the molecule is COCc1nc(-c2ccc(NC(=O)C3CC(c4ccccc4)NN3)cc2)n[nH]1. The number of benzene rings is 2. The topological polar surface area (TPSA) is 104 Å². The molecular formula is C20H22N6O2. The summed E-state index contributed by atoms with van der Waals surface area (Å²) in [4.78, 5) is 16.9. The van der Waals surface area contributed by atoms with Crippen molar-refractivity contribution in [2.75, 3.05) is 12.4 Å². The lowest BCUT2D eigenvalue weighted by molar-refractivity contribution is -0.117. The quantitative estimate of drug-likeness (QED) is 0.524. The highest BCUT2D eigenvalue weighted by atomic mass is 16.5. The molecule has 0 aliphatic carbocycles. The van der Waals surface area contributed by atoms with Crippen LogP contribution < -0.4 is 16.2 Å². The van der Waals surface area contributed by atoms with E-state index in [2.05, 4.69) is 43.5 Å². The molecule has 2 atom stereocenters. The van der Waals surface area contributed by atoms with E-state index in [1.807, 2.05) is 42.5 Å². The van der Waals surface area contributed by atoms with Gasteiger partial charge >= 0.3 is 0 Å². The van der Waals surface area contributed by atoms with Crippen LogP contribution in [0.4, 0.5) is 5.69 Å². The minimum atomic E-state index is -0.297. The molecule has 144 valence electrons. The number of rotatable bonds is 6. The first kappa shape index (κ1) is 18.3. The molecule has 1 amide bonds. The molecule has 3 aromatic rings. The molecule has 2 unspecified atom stereocenters. The van der Waals surface area contributed by atoms with Crippen LogP contribution in [0.3, 0.4) is 0 Å². The van der Waals surface area contributed by atoms with Crippen LogP contribution in [0, 0.1) is 0 Å². The van der Waals surface area contributed by atoms with Gasteiger partial charge < -0.3 is 10.1 Å². The van der Waals surface area contributed by atoms with Gasteiger partial charge in [-0.25, -0.2) is 15.8 Å². The number of aromatic amines is 1. The Hall–Kier alpha value is -3.07. The number of carbonyl (C=O) groups excluding carboxylic acids is 1. The van der Waals surface area contributed by atoms with E-state index in [-0.39, 0.29) is 18.0 Å². The van der Waals surface area contributed by atoms with Crippen molar-refractivity contribution in [1.82, 2.24) is 26.0 Å². The lowest BCUT2D eigenvalue weighted by Gasteiger charge is -2.11. The Kier molecular flexibility index (Phi) is 5.43. The molecule has 28 heavy (non-hydrogen) atoms. The number of carbonyl (C=O) groups is 1. The standard InChI is InChI=1S/C20H22N6O2/c1-28-12-18-22-19(26-25-18)14-7-9-15(10-8-14)21-20(27)17-11-16(23-24-17)13-5-3-2-4-6-13/h2-10,16-17,23-24H,11-12H2,1H3,(H,21,27)(H,22,25,26). The van der Waals surface area contributed by atoms with E-state index >= 15 is 0 Å². The summed E-state index contributed by atoms with van der Waals surface area (Å²) in [7, 11) is 1.61. The second kappa shape index (κ2) is 8.30. The third-order valence-corrected chi connectivity index (χ3v) is 4.65. The summed E-state index contributed by atoms with van der Waals surface area (Å²) < 4.78 is 5.03. The van der Waals surface area contributed by atoms with E-state index in [4.69, 9.17) is 4.74 Å². The van der Waals surface area contributed by atoms with E-state index in [0.29, 0.717) is 24.7 Å². The number of amides is 1. The molecule has 0 saturated carbocycles. The maximum absolute atomic E-state index is 12.6. The molecular weight excluding hydrogens is 356 g/mol. The van der Waals surface area contributed by atoms with Gasteiger partial charge in [-0.15, -0.1) is 0 Å². The molecule has 0 bridgehead atoms. The molecule has 0 spiro atoms. The van der Waals surface area contributed by atoms with E-state index in [9.17, 15) is 4.79 Å². The summed E-state index contributed by atoms with van der Waals surface area (Å²) in [5.41, 5.74) is 9.02. The van der Waals surface area contributed by atoms with Crippen molar-refractivity contribution < 1.29 is 9.53 Å². The molecule has 4 rings (SSSR count). The van der Waals surface area contributed by atoms with Crippen molar-refractivity contribution in [3.63, 3.8) is 0 Å². The number of H-pyrrole nitrogens is 1. The monoisotopic (exact) mass is 378 g/mol. The van der Waals surface area contributed by atoms with Gasteiger partial charge in [-0.05, 0) is 36.2 Å². The Bertz CT molecular complexity index is 925. The van der Waals surface area contributed by atoms with Crippen LogP contribution in [-0.4, -0.2) is 34.2 Å². The highest BCUT2D eigenvalue weighted by Gasteiger charge is 2.30. The number of nitrogens with zero attached hydrogens (tertiary/aromatic N) is 2. The third-order valence-electron chi connectivity index (χ3n) is 4.65. The number of hydrazine groups is 1. The molecule has 0 radical (unpaired) electrons. The van der Waals surface area contributed by atoms with Crippen LogP contribution in [0.1, 0.15) is 23.9 Å². The zero-order valence-corrected chi connectivity index (χ0v) is 15.5. The fourth-order valence-electron chi connectivity index (χ4n) is 3.19. The van der Waals surface area contributed by atoms with Crippen molar-refractivity contribution in [2.24, 2.45) is 0 Å². The highest BCUT2D eigenvalue weighted by molar-refractivity contribution is 5.95. The first-order chi connectivity index (χ1) is 13.7. The van der Waals surface area contributed by atoms with Crippen LogP contribution >= 0.6 is 0 Å². The van der Waals surface area contributed by atoms with Gasteiger partial charge in [-0.1, -0.05) is 30.3 Å². The molecule has 8 heteroatoms. The number of ether oxygens (including phenoxy) is 1. The van der Waals surface area contributed by atoms with Crippen LogP contribution in [0.25, 0.3) is 11.4 Å². The third kappa shape index (κ3) is 4.09. The van der Waals surface area contributed by atoms with Gasteiger partial charge in [0.2, 0.25) is 5.91 Å². The fourth-order valence-corrected chi connectivity index (χ4v) is 3.19. The molecule has 1 aromatic heterocycles. The van der Waals surface area contributed by atoms with Crippen molar-refractivity contribution in [3.05, 3.63) is 66.0 Å². The second-order valence-electron chi connectivity index (χ2n) is 6.65. The van der Waals surface area contributed by atoms with Gasteiger partial charge in [-0.2, -0.15) is 5.10 Å². The van der Waals surface area contributed by atoms with Crippen molar-refractivity contribution in [2.45, 2.75) is 25.1 Å². The minimum Gasteiger partial charge on any atom is -0.377 e. The predicted octanol–water partition coefficient (Wildman–Crippen LogP) is 2.16. The Labute approximate surface area is 162 Å². The number of hydrogen-bond donors (Lipinski definition) is 4. The zero-order valence-electron chi connectivity index (χ0n) is 15.5. The maximum Gasteiger partial charge on any atom is 0.242 e. The molecule has 8 nitrogen and oxygen atoms in total. The Balaban J connectivity index is 1.36. The lowest BCUT2D eigenvalue weighted by Crippen LogP contribution is -2.39. The number of nitrogens with one attached hydrogen (secondary N) is 4. The zero-order chi connectivity index (χ0) is 19.3. The van der Waals surface area contributed by atoms with Crippen molar-refractivity contribution in [1.29, 1.82) is 0 Å². The normalized spacial score (nSPS) is 18.9. The lowest BCUT2D eigenvalue weighted by atomic mass is 10.0. The molecule has 1 fully saturated rings. The van der Waals surface area contributed by atoms with Gasteiger partial charge in [0, 0.05) is 24.4 Å². The summed E-state index contributed by atoms with van der Waals surface area (Å²) in [5.74, 6) is 1.19. The van der Waals surface area contributed by atoms with Gasteiger partial charge in [0.05, 0.1) is 0 Å². The average Bonchev–Trinajstić information content (AvgIpc) is 3.40. The van der Waals surface area contributed by atoms with Crippen LogP contribution in [0.15, 0.2) is 54.6 Å². The summed E-state index contributed by atoms with van der Waals surface area (Å²) in [6.45, 7) is 0.382. The number of methoxy groups -OCH3 is 1. The fraction of sp³-hybridized carbons (Fsp3) is 0.250. The molecule has 4 N–H and O–H groups in total. The van der Waals surface area contributed by atoms with Crippen LogP contribution in [0.5, 0.6) is 0 Å². The van der Waals surface area contributed by atoms with E-state index in [1.54, 1.807) is 7.11 Å². The van der Waals surface area contributed by atoms with E-state index in [0.717, 1.165) is 16.8 Å². The molecule has 2 aromatic carbocycles.